The lowest BCUT2D eigenvalue weighted by Crippen LogP contribution is -2.40. The van der Waals surface area contributed by atoms with Crippen molar-refractivity contribution in [2.24, 2.45) is 5.92 Å². The first-order chi connectivity index (χ1) is 9.60. The standard InChI is InChI=1S/C15H23N3O2/c1-10-8-13(9-14(16-3)17-10)15(19)18-11(2)12-4-6-20-7-5-12/h8-9,11-12H,4-7H2,1-3H3,(H,16,17)(H,18,19). The average Bonchev–Trinajstić information content (AvgIpc) is 2.47. The summed E-state index contributed by atoms with van der Waals surface area (Å²) in [6, 6.07) is 3.75. The van der Waals surface area contributed by atoms with Gasteiger partial charge in [0.05, 0.1) is 0 Å². The predicted molar refractivity (Wildman–Crippen MR) is 79.0 cm³/mol. The van der Waals surface area contributed by atoms with Crippen LogP contribution >= 0.6 is 0 Å². The van der Waals surface area contributed by atoms with E-state index in [-0.39, 0.29) is 11.9 Å². The molecular weight excluding hydrogens is 254 g/mol. The Morgan fingerprint density at radius 2 is 2.10 bits per heavy atom. The molecule has 1 aromatic rings. The van der Waals surface area contributed by atoms with Crippen molar-refractivity contribution in [1.82, 2.24) is 10.3 Å². The number of ether oxygens (including phenoxy) is 1. The summed E-state index contributed by atoms with van der Waals surface area (Å²) in [5, 5.41) is 6.07. The van der Waals surface area contributed by atoms with Crippen LogP contribution in [0.3, 0.4) is 0 Å². The summed E-state index contributed by atoms with van der Waals surface area (Å²) < 4.78 is 5.36. The molecule has 0 bridgehead atoms. The van der Waals surface area contributed by atoms with Crippen LogP contribution in [0, 0.1) is 12.8 Å². The van der Waals surface area contributed by atoms with Crippen molar-refractivity contribution in [3.05, 3.63) is 23.4 Å². The van der Waals surface area contributed by atoms with Crippen LogP contribution in [0.2, 0.25) is 0 Å². The number of nitrogens with zero attached hydrogens (tertiary/aromatic N) is 1. The van der Waals surface area contributed by atoms with Crippen molar-refractivity contribution < 1.29 is 9.53 Å². The molecular formula is C15H23N3O2. The van der Waals surface area contributed by atoms with Gasteiger partial charge in [-0.15, -0.1) is 0 Å². The van der Waals surface area contributed by atoms with E-state index in [9.17, 15) is 4.79 Å². The Morgan fingerprint density at radius 1 is 1.40 bits per heavy atom. The molecule has 1 atom stereocenters. The Balaban J connectivity index is 2.01. The molecule has 2 heterocycles. The van der Waals surface area contributed by atoms with Crippen molar-refractivity contribution in [3.8, 4) is 0 Å². The fourth-order valence-electron chi connectivity index (χ4n) is 2.55. The SMILES string of the molecule is CNc1cc(C(=O)NC(C)C2CCOCC2)cc(C)n1. The highest BCUT2D eigenvalue weighted by molar-refractivity contribution is 5.95. The third-order valence-corrected chi connectivity index (χ3v) is 3.80. The van der Waals surface area contributed by atoms with E-state index in [1.54, 1.807) is 13.1 Å². The van der Waals surface area contributed by atoms with Gasteiger partial charge in [-0.05, 0) is 44.7 Å². The van der Waals surface area contributed by atoms with Crippen LogP contribution in [0.5, 0.6) is 0 Å². The molecule has 2 rings (SSSR count). The number of carbonyl (C=O) groups excluding carboxylic acids is 1. The summed E-state index contributed by atoms with van der Waals surface area (Å²) in [5.74, 6) is 1.18. The highest BCUT2D eigenvalue weighted by Gasteiger charge is 2.22. The minimum Gasteiger partial charge on any atom is -0.381 e. The molecule has 1 amide bonds. The molecule has 20 heavy (non-hydrogen) atoms. The van der Waals surface area contributed by atoms with Gasteiger partial charge in [0.15, 0.2) is 0 Å². The summed E-state index contributed by atoms with van der Waals surface area (Å²) in [4.78, 5) is 16.6. The number of amides is 1. The van der Waals surface area contributed by atoms with E-state index >= 15 is 0 Å². The van der Waals surface area contributed by atoms with Gasteiger partial charge < -0.3 is 15.4 Å². The highest BCUT2D eigenvalue weighted by Crippen LogP contribution is 2.19. The second-order valence-electron chi connectivity index (χ2n) is 5.34. The van der Waals surface area contributed by atoms with Crippen LogP contribution in [0.15, 0.2) is 12.1 Å². The normalized spacial score (nSPS) is 17.6. The van der Waals surface area contributed by atoms with Crippen molar-refractivity contribution >= 4 is 11.7 Å². The Bertz CT molecular complexity index is 470. The minimum atomic E-state index is -0.0361. The predicted octanol–water partition coefficient (Wildman–Crippen LogP) is 1.98. The molecule has 1 fully saturated rings. The van der Waals surface area contributed by atoms with Crippen LogP contribution in [-0.2, 0) is 4.74 Å². The van der Waals surface area contributed by atoms with Crippen LogP contribution in [0.1, 0.15) is 35.8 Å². The molecule has 0 spiro atoms. The van der Waals surface area contributed by atoms with Crippen LogP contribution in [-0.4, -0.2) is 37.2 Å². The molecule has 1 aliphatic rings. The molecule has 5 nitrogen and oxygen atoms in total. The molecule has 1 aliphatic heterocycles. The van der Waals surface area contributed by atoms with Gasteiger partial charge in [-0.25, -0.2) is 4.98 Å². The zero-order valence-corrected chi connectivity index (χ0v) is 12.4. The van der Waals surface area contributed by atoms with Crippen molar-refractivity contribution in [2.45, 2.75) is 32.7 Å². The Kier molecular flexibility index (Phi) is 4.95. The zero-order chi connectivity index (χ0) is 14.5. The van der Waals surface area contributed by atoms with E-state index in [0.717, 1.165) is 31.7 Å². The molecule has 1 saturated heterocycles. The number of nitrogens with one attached hydrogen (secondary N) is 2. The topological polar surface area (TPSA) is 63.2 Å². The molecule has 0 aromatic carbocycles. The number of aromatic nitrogens is 1. The zero-order valence-electron chi connectivity index (χ0n) is 12.4. The summed E-state index contributed by atoms with van der Waals surface area (Å²) in [7, 11) is 1.80. The first-order valence-corrected chi connectivity index (χ1v) is 7.15. The van der Waals surface area contributed by atoms with Gasteiger partial charge in [-0.3, -0.25) is 4.79 Å². The van der Waals surface area contributed by atoms with Gasteiger partial charge in [0.25, 0.3) is 5.91 Å². The van der Waals surface area contributed by atoms with Crippen LogP contribution in [0.25, 0.3) is 0 Å². The smallest absolute Gasteiger partial charge is 0.251 e. The lowest BCUT2D eigenvalue weighted by atomic mass is 9.93. The lowest BCUT2D eigenvalue weighted by molar-refractivity contribution is 0.0538. The van der Waals surface area contributed by atoms with E-state index in [0.29, 0.717) is 17.3 Å². The number of pyridine rings is 1. The molecule has 2 N–H and O–H groups in total. The van der Waals surface area contributed by atoms with E-state index < -0.39 is 0 Å². The molecule has 1 aromatic heterocycles. The minimum absolute atomic E-state index is 0.0361. The van der Waals surface area contributed by atoms with Gasteiger partial charge in [0.2, 0.25) is 0 Å². The van der Waals surface area contributed by atoms with Gasteiger partial charge in [-0.2, -0.15) is 0 Å². The van der Waals surface area contributed by atoms with Crippen LogP contribution in [0.4, 0.5) is 5.82 Å². The van der Waals surface area contributed by atoms with Crippen molar-refractivity contribution in [3.63, 3.8) is 0 Å². The van der Waals surface area contributed by atoms with Crippen LogP contribution < -0.4 is 10.6 Å². The fourth-order valence-corrected chi connectivity index (χ4v) is 2.55. The maximum atomic E-state index is 12.3. The Labute approximate surface area is 120 Å². The van der Waals surface area contributed by atoms with Crippen molar-refractivity contribution in [2.75, 3.05) is 25.6 Å². The van der Waals surface area contributed by atoms with Gasteiger partial charge in [0.1, 0.15) is 5.82 Å². The number of hydrogen-bond donors (Lipinski definition) is 2. The maximum absolute atomic E-state index is 12.3. The first kappa shape index (κ1) is 14.8. The first-order valence-electron chi connectivity index (χ1n) is 7.15. The van der Waals surface area contributed by atoms with Gasteiger partial charge >= 0.3 is 0 Å². The van der Waals surface area contributed by atoms with E-state index in [1.807, 2.05) is 13.0 Å². The summed E-state index contributed by atoms with van der Waals surface area (Å²) in [5.41, 5.74) is 1.49. The van der Waals surface area contributed by atoms with Gasteiger partial charge in [-0.1, -0.05) is 0 Å². The number of anilines is 1. The highest BCUT2D eigenvalue weighted by atomic mass is 16.5. The quantitative estimate of drug-likeness (QED) is 0.883. The largest absolute Gasteiger partial charge is 0.381 e. The number of carbonyl (C=O) groups is 1. The number of aryl methyl sites for hydroxylation is 1. The second kappa shape index (κ2) is 6.70. The molecule has 0 radical (unpaired) electrons. The van der Waals surface area contributed by atoms with E-state index in [1.165, 1.54) is 0 Å². The molecule has 0 saturated carbocycles. The summed E-state index contributed by atoms with van der Waals surface area (Å²) >= 11 is 0. The Morgan fingerprint density at radius 3 is 2.75 bits per heavy atom. The molecule has 5 heteroatoms. The molecule has 110 valence electrons. The lowest BCUT2D eigenvalue weighted by Gasteiger charge is -2.28. The molecule has 1 unspecified atom stereocenters. The monoisotopic (exact) mass is 277 g/mol. The third-order valence-electron chi connectivity index (χ3n) is 3.80. The average molecular weight is 277 g/mol. The van der Waals surface area contributed by atoms with Gasteiger partial charge in [0, 0.05) is 37.6 Å². The summed E-state index contributed by atoms with van der Waals surface area (Å²) in [6.45, 7) is 5.55. The summed E-state index contributed by atoms with van der Waals surface area (Å²) in [6.07, 6.45) is 2.02. The maximum Gasteiger partial charge on any atom is 0.251 e. The number of rotatable bonds is 4. The second-order valence-corrected chi connectivity index (χ2v) is 5.34. The number of hydrogen-bond acceptors (Lipinski definition) is 4. The van der Waals surface area contributed by atoms with Crippen molar-refractivity contribution in [1.29, 1.82) is 0 Å². The van der Waals surface area contributed by atoms with E-state index in [2.05, 4.69) is 22.5 Å². The molecule has 0 aliphatic carbocycles. The Hall–Kier alpha value is -1.62. The fraction of sp³-hybridized carbons (Fsp3) is 0.600. The third kappa shape index (κ3) is 3.70. The van der Waals surface area contributed by atoms with E-state index in [4.69, 9.17) is 4.74 Å².